The summed E-state index contributed by atoms with van der Waals surface area (Å²) in [6.45, 7) is 4.08. The van der Waals surface area contributed by atoms with E-state index in [0.29, 0.717) is 12.1 Å². The first-order valence-corrected chi connectivity index (χ1v) is 9.38. The number of esters is 1. The minimum absolute atomic E-state index is 0.307. The minimum Gasteiger partial charge on any atom is -0.463 e. The lowest BCUT2D eigenvalue weighted by atomic mass is 10.5. The van der Waals surface area contributed by atoms with Crippen molar-refractivity contribution in [3.63, 3.8) is 0 Å². The van der Waals surface area contributed by atoms with E-state index in [2.05, 4.69) is 0 Å². The average molecular weight is 269 g/mol. The van der Waals surface area contributed by atoms with Crippen LogP contribution in [0.2, 0.25) is 11.6 Å². The molecule has 0 saturated carbocycles. The van der Waals surface area contributed by atoms with E-state index in [0.717, 1.165) is 12.5 Å². The van der Waals surface area contributed by atoms with Crippen molar-refractivity contribution in [1.29, 1.82) is 0 Å². The van der Waals surface area contributed by atoms with Gasteiger partial charge in [0, 0.05) is 6.08 Å². The lowest BCUT2D eigenvalue weighted by Crippen LogP contribution is -2.23. The van der Waals surface area contributed by atoms with Crippen LogP contribution in [0.4, 0.5) is 0 Å². The number of carbonyl (C=O) groups excluding carboxylic acids is 1. The maximum Gasteiger partial charge on any atom is 0.330 e. The summed E-state index contributed by atoms with van der Waals surface area (Å²) in [5, 5.41) is 0. The van der Waals surface area contributed by atoms with Crippen LogP contribution >= 0.6 is 22.2 Å². The van der Waals surface area contributed by atoms with E-state index in [4.69, 9.17) is 26.9 Å². The Morgan fingerprint density at radius 3 is 2.53 bits per heavy atom. The van der Waals surface area contributed by atoms with Crippen LogP contribution in [0, 0.1) is 0 Å². The molecule has 0 aliphatic rings. The first kappa shape index (κ1) is 15.0. The Morgan fingerprint density at radius 1 is 1.47 bits per heavy atom. The molecule has 0 aromatic rings. The molecule has 0 radical (unpaired) electrons. The van der Waals surface area contributed by atoms with Crippen LogP contribution in [0.3, 0.4) is 0 Å². The number of ether oxygens (including phenoxy) is 1. The van der Waals surface area contributed by atoms with Gasteiger partial charge in [0.15, 0.2) is 0 Å². The lowest BCUT2D eigenvalue weighted by Gasteiger charge is -2.20. The second kappa shape index (κ2) is 7.31. The maximum atomic E-state index is 10.9. The third kappa shape index (κ3) is 6.98. The fourth-order valence-electron chi connectivity index (χ4n) is 0.953. The predicted molar refractivity (Wildman–Crippen MR) is 67.8 cm³/mol. The van der Waals surface area contributed by atoms with Gasteiger partial charge < -0.3 is 4.74 Å². The Bertz CT molecular complexity index is 227. The molecule has 0 aromatic carbocycles. The predicted octanol–water partition coefficient (Wildman–Crippen LogP) is 3.83. The number of halogens is 2. The van der Waals surface area contributed by atoms with Gasteiger partial charge in [0.1, 0.15) is 0 Å². The van der Waals surface area contributed by atoms with E-state index in [-0.39, 0.29) is 5.97 Å². The maximum absolute atomic E-state index is 10.9. The first-order chi connectivity index (χ1) is 6.90. The second-order valence-corrected chi connectivity index (χ2v) is 11.5. The van der Waals surface area contributed by atoms with Crippen molar-refractivity contribution in [2.75, 3.05) is 6.61 Å². The molecule has 0 aromatic heterocycles. The average Bonchev–Trinajstić information content (AvgIpc) is 2.13. The summed E-state index contributed by atoms with van der Waals surface area (Å²) in [5.41, 5.74) is 0.326. The van der Waals surface area contributed by atoms with E-state index in [1.165, 1.54) is 6.08 Å². The molecule has 0 amide bonds. The van der Waals surface area contributed by atoms with Crippen molar-refractivity contribution in [3.05, 3.63) is 12.2 Å². The van der Waals surface area contributed by atoms with Gasteiger partial charge in [0.05, 0.1) is 6.61 Å². The molecule has 15 heavy (non-hydrogen) atoms. The summed E-state index contributed by atoms with van der Waals surface area (Å²) in [5.74, 6) is -0.307. The molecule has 88 valence electrons. The van der Waals surface area contributed by atoms with Crippen LogP contribution in [0.25, 0.3) is 0 Å². The SMILES string of the molecule is CC=CC(=O)OCCC[Si](Cl)(Cl)C(C)C. The van der Waals surface area contributed by atoms with Crippen molar-refractivity contribution in [3.8, 4) is 0 Å². The Kier molecular flexibility index (Phi) is 7.31. The van der Waals surface area contributed by atoms with E-state index in [9.17, 15) is 4.79 Å². The molecule has 0 aliphatic carbocycles. The summed E-state index contributed by atoms with van der Waals surface area (Å²) >= 11 is 12.4. The van der Waals surface area contributed by atoms with Crippen molar-refractivity contribution in [1.82, 2.24) is 0 Å². The molecule has 0 saturated heterocycles. The normalized spacial score (nSPS) is 12.4. The highest BCUT2D eigenvalue weighted by molar-refractivity contribution is 7.45. The molecule has 2 nitrogen and oxygen atoms in total. The number of allylic oxidation sites excluding steroid dienone is 1. The lowest BCUT2D eigenvalue weighted by molar-refractivity contribution is -0.137. The van der Waals surface area contributed by atoms with Crippen molar-refractivity contribution in [2.24, 2.45) is 0 Å². The Morgan fingerprint density at radius 2 is 2.07 bits per heavy atom. The van der Waals surface area contributed by atoms with Gasteiger partial charge in [-0.1, -0.05) is 19.9 Å². The molecule has 0 bridgehead atoms. The molecule has 0 fully saturated rings. The molecule has 0 heterocycles. The van der Waals surface area contributed by atoms with E-state index >= 15 is 0 Å². The largest absolute Gasteiger partial charge is 0.463 e. The Balaban J connectivity index is 3.67. The number of carbonyl (C=O) groups is 1. The van der Waals surface area contributed by atoms with Gasteiger partial charge >= 0.3 is 5.97 Å². The van der Waals surface area contributed by atoms with Gasteiger partial charge in [-0.3, -0.25) is 0 Å². The van der Waals surface area contributed by atoms with Crippen LogP contribution in [0.15, 0.2) is 12.2 Å². The molecule has 0 unspecified atom stereocenters. The van der Waals surface area contributed by atoms with Crippen LogP contribution in [0.5, 0.6) is 0 Å². The van der Waals surface area contributed by atoms with E-state index in [1.807, 2.05) is 13.8 Å². The highest BCUT2D eigenvalue weighted by Gasteiger charge is 2.31. The molecule has 0 spiro atoms. The van der Waals surface area contributed by atoms with Crippen LogP contribution in [-0.2, 0) is 9.53 Å². The van der Waals surface area contributed by atoms with Crippen LogP contribution in [0.1, 0.15) is 27.2 Å². The third-order valence-electron chi connectivity index (χ3n) is 2.05. The van der Waals surface area contributed by atoms with Gasteiger partial charge in [0.2, 0.25) is 0 Å². The molecule has 0 atom stereocenters. The highest BCUT2D eigenvalue weighted by Crippen LogP contribution is 2.33. The van der Waals surface area contributed by atoms with Gasteiger partial charge in [-0.2, -0.15) is 0 Å². The topological polar surface area (TPSA) is 26.3 Å². The monoisotopic (exact) mass is 268 g/mol. The molecular formula is C10H18Cl2O2Si. The summed E-state index contributed by atoms with van der Waals surface area (Å²) in [6, 6.07) is 0.761. The second-order valence-electron chi connectivity index (χ2n) is 3.69. The zero-order valence-corrected chi connectivity index (χ0v) is 11.9. The molecular weight excluding hydrogens is 251 g/mol. The Hall–Kier alpha value is 0.00688. The first-order valence-electron chi connectivity index (χ1n) is 5.07. The van der Waals surface area contributed by atoms with E-state index in [1.54, 1.807) is 13.0 Å². The summed E-state index contributed by atoms with van der Waals surface area (Å²) < 4.78 is 4.94. The summed E-state index contributed by atoms with van der Waals surface area (Å²) in [7, 11) is 0. The quantitative estimate of drug-likeness (QED) is 0.241. The summed E-state index contributed by atoms with van der Waals surface area (Å²) in [6.07, 6.45) is 3.79. The van der Waals surface area contributed by atoms with Crippen molar-refractivity contribution < 1.29 is 9.53 Å². The van der Waals surface area contributed by atoms with Gasteiger partial charge in [0.25, 0.3) is 6.69 Å². The number of hydrogen-bond acceptors (Lipinski definition) is 2. The van der Waals surface area contributed by atoms with Crippen molar-refractivity contribution in [2.45, 2.75) is 38.8 Å². The number of rotatable bonds is 6. The summed E-state index contributed by atoms with van der Waals surface area (Å²) in [4.78, 5) is 10.9. The Labute approximate surface area is 102 Å². The molecule has 0 N–H and O–H groups in total. The van der Waals surface area contributed by atoms with Crippen molar-refractivity contribution >= 4 is 34.8 Å². The highest BCUT2D eigenvalue weighted by atomic mass is 35.7. The molecule has 5 heteroatoms. The molecule has 0 aliphatic heterocycles. The van der Waals surface area contributed by atoms with Crippen LogP contribution < -0.4 is 0 Å². The van der Waals surface area contributed by atoms with Gasteiger partial charge in [-0.15, -0.1) is 22.2 Å². The molecule has 0 rings (SSSR count). The van der Waals surface area contributed by atoms with Crippen LogP contribution in [-0.4, -0.2) is 19.3 Å². The fraction of sp³-hybridized carbons (Fsp3) is 0.700. The third-order valence-corrected chi connectivity index (χ3v) is 8.51. The van der Waals surface area contributed by atoms with Gasteiger partial charge in [-0.05, 0) is 24.9 Å². The number of hydrogen-bond donors (Lipinski definition) is 0. The zero-order chi connectivity index (χ0) is 11.9. The van der Waals surface area contributed by atoms with Gasteiger partial charge in [-0.25, -0.2) is 4.79 Å². The zero-order valence-electron chi connectivity index (χ0n) is 9.43. The minimum atomic E-state index is -2.14. The standard InChI is InChI=1S/C10H18Cl2O2Si/c1-4-6-10(13)14-7-5-8-15(11,12)9(2)3/h4,6,9H,5,7-8H2,1-3H3. The smallest absolute Gasteiger partial charge is 0.330 e. The van der Waals surface area contributed by atoms with E-state index < -0.39 is 6.69 Å². The fourth-order valence-corrected chi connectivity index (χ4v) is 2.95.